The largest absolute Gasteiger partial charge is 0.375 e. The number of nitrogens with one attached hydrogen (secondary N) is 1. The molecule has 0 atom stereocenters. The molecule has 6 heteroatoms. The summed E-state index contributed by atoms with van der Waals surface area (Å²) in [6, 6.07) is 0. The number of nitrogen functional groups attached to an aromatic ring is 1. The van der Waals surface area contributed by atoms with E-state index in [2.05, 4.69) is 15.2 Å². The minimum atomic E-state index is 0.494. The van der Waals surface area contributed by atoms with Gasteiger partial charge in [0, 0.05) is 0 Å². The second-order valence-electron chi connectivity index (χ2n) is 1.74. The standard InChI is InChI=1S/C4H3ClN4S/c5-2-1-3(9-8-2)7-4(6)10-1/h(H3,6,7,8,9). The Kier molecular flexibility index (Phi) is 1.09. The molecule has 0 aliphatic heterocycles. The molecule has 2 heterocycles. The van der Waals surface area contributed by atoms with Crippen molar-refractivity contribution in [2.75, 3.05) is 5.73 Å². The zero-order chi connectivity index (χ0) is 7.14. The summed E-state index contributed by atoms with van der Waals surface area (Å²) in [6.07, 6.45) is 0. The Bertz CT molecular complexity index is 364. The van der Waals surface area contributed by atoms with E-state index >= 15 is 0 Å². The molecule has 0 aliphatic rings. The first-order valence-electron chi connectivity index (χ1n) is 2.53. The van der Waals surface area contributed by atoms with Crippen molar-refractivity contribution >= 4 is 38.4 Å². The van der Waals surface area contributed by atoms with Crippen molar-refractivity contribution in [3.05, 3.63) is 5.15 Å². The van der Waals surface area contributed by atoms with Crippen LogP contribution in [0.5, 0.6) is 0 Å². The predicted molar refractivity (Wildman–Crippen MR) is 41.2 cm³/mol. The minimum Gasteiger partial charge on any atom is -0.375 e. The van der Waals surface area contributed by atoms with Crippen LogP contribution in [0.15, 0.2) is 0 Å². The zero-order valence-electron chi connectivity index (χ0n) is 4.76. The molecule has 52 valence electrons. The molecule has 0 saturated heterocycles. The highest BCUT2D eigenvalue weighted by Gasteiger charge is 2.06. The normalized spacial score (nSPS) is 10.9. The molecule has 0 unspecified atom stereocenters. The number of H-pyrrole nitrogens is 1. The Balaban J connectivity index is 2.90. The number of rotatable bonds is 0. The Morgan fingerprint density at radius 2 is 2.40 bits per heavy atom. The Morgan fingerprint density at radius 1 is 1.60 bits per heavy atom. The Hall–Kier alpha value is -0.810. The molecule has 10 heavy (non-hydrogen) atoms. The van der Waals surface area contributed by atoms with E-state index in [1.165, 1.54) is 11.3 Å². The van der Waals surface area contributed by atoms with Gasteiger partial charge >= 0.3 is 0 Å². The molecule has 3 N–H and O–H groups in total. The van der Waals surface area contributed by atoms with Crippen molar-refractivity contribution in [2.24, 2.45) is 0 Å². The minimum absolute atomic E-state index is 0.494. The van der Waals surface area contributed by atoms with E-state index < -0.39 is 0 Å². The lowest BCUT2D eigenvalue weighted by atomic mass is 10.7. The summed E-state index contributed by atoms with van der Waals surface area (Å²) in [5, 5.41) is 7.39. The van der Waals surface area contributed by atoms with Crippen molar-refractivity contribution in [1.82, 2.24) is 15.2 Å². The van der Waals surface area contributed by atoms with E-state index in [0.717, 1.165) is 4.70 Å². The summed E-state index contributed by atoms with van der Waals surface area (Å²) in [5.74, 6) is 0. The monoisotopic (exact) mass is 174 g/mol. The molecule has 0 aliphatic carbocycles. The molecule has 0 saturated carbocycles. The summed E-state index contributed by atoms with van der Waals surface area (Å²) in [4.78, 5) is 3.90. The molecular weight excluding hydrogens is 172 g/mol. The van der Waals surface area contributed by atoms with Crippen molar-refractivity contribution in [3.8, 4) is 0 Å². The summed E-state index contributed by atoms with van der Waals surface area (Å²) >= 11 is 7.01. The van der Waals surface area contributed by atoms with Gasteiger partial charge in [0.2, 0.25) is 0 Å². The summed E-state index contributed by atoms with van der Waals surface area (Å²) in [6.45, 7) is 0. The van der Waals surface area contributed by atoms with E-state index in [1.54, 1.807) is 0 Å². The number of fused-ring (bicyclic) bond motifs is 1. The fraction of sp³-hybridized carbons (Fsp3) is 0. The first-order chi connectivity index (χ1) is 4.77. The number of aromatic nitrogens is 3. The fourth-order valence-electron chi connectivity index (χ4n) is 0.700. The molecule has 4 nitrogen and oxygen atoms in total. The van der Waals surface area contributed by atoms with Gasteiger partial charge in [0.15, 0.2) is 10.8 Å². The Morgan fingerprint density at radius 3 is 3.10 bits per heavy atom. The third kappa shape index (κ3) is 0.676. The van der Waals surface area contributed by atoms with E-state index in [1.807, 2.05) is 0 Å². The van der Waals surface area contributed by atoms with E-state index in [0.29, 0.717) is 15.9 Å². The number of aromatic amines is 1. The van der Waals surface area contributed by atoms with Gasteiger partial charge in [-0.2, -0.15) is 10.1 Å². The van der Waals surface area contributed by atoms with Crippen LogP contribution in [-0.4, -0.2) is 15.2 Å². The van der Waals surface area contributed by atoms with E-state index in [9.17, 15) is 0 Å². The Labute approximate surface area is 65.0 Å². The predicted octanol–water partition coefficient (Wildman–Crippen LogP) is 1.25. The van der Waals surface area contributed by atoms with E-state index in [4.69, 9.17) is 17.3 Å². The van der Waals surface area contributed by atoms with Crippen LogP contribution in [0.1, 0.15) is 0 Å². The number of nitrogens with two attached hydrogens (primary N) is 1. The van der Waals surface area contributed by atoms with Crippen LogP contribution in [0, 0.1) is 0 Å². The highest BCUT2D eigenvalue weighted by molar-refractivity contribution is 7.22. The summed E-state index contributed by atoms with van der Waals surface area (Å²) < 4.78 is 0.819. The van der Waals surface area contributed by atoms with Crippen molar-refractivity contribution in [3.63, 3.8) is 0 Å². The molecule has 2 aromatic rings. The molecule has 0 bridgehead atoms. The average molecular weight is 175 g/mol. The third-order valence-corrected chi connectivity index (χ3v) is 2.36. The van der Waals surface area contributed by atoms with Gasteiger partial charge in [-0.25, -0.2) is 0 Å². The lowest BCUT2D eigenvalue weighted by molar-refractivity contribution is 1.10. The van der Waals surface area contributed by atoms with Gasteiger partial charge < -0.3 is 5.73 Å². The second-order valence-corrected chi connectivity index (χ2v) is 3.15. The molecule has 0 radical (unpaired) electrons. The lowest BCUT2D eigenvalue weighted by Crippen LogP contribution is -1.80. The molecule has 0 fully saturated rings. The average Bonchev–Trinajstić information content (AvgIpc) is 2.35. The lowest BCUT2D eigenvalue weighted by Gasteiger charge is -1.74. The molecule has 2 rings (SSSR count). The van der Waals surface area contributed by atoms with Crippen LogP contribution < -0.4 is 5.73 Å². The maximum atomic E-state index is 5.68. The fourth-order valence-corrected chi connectivity index (χ4v) is 1.60. The van der Waals surface area contributed by atoms with Crippen LogP contribution in [0.2, 0.25) is 5.15 Å². The maximum absolute atomic E-state index is 5.68. The summed E-state index contributed by atoms with van der Waals surface area (Å²) in [7, 11) is 0. The van der Waals surface area contributed by atoms with Gasteiger partial charge in [-0.1, -0.05) is 22.9 Å². The maximum Gasteiger partial charge on any atom is 0.195 e. The van der Waals surface area contributed by atoms with E-state index in [-0.39, 0.29) is 0 Å². The SMILES string of the molecule is Nc1nc2n[nH]c(Cl)c2s1. The summed E-state index contributed by atoms with van der Waals surface area (Å²) in [5.41, 5.74) is 5.99. The topological polar surface area (TPSA) is 67.6 Å². The highest BCUT2D eigenvalue weighted by atomic mass is 35.5. The first-order valence-corrected chi connectivity index (χ1v) is 3.72. The molecular formula is C4H3ClN4S. The van der Waals surface area contributed by atoms with Gasteiger partial charge in [-0.05, 0) is 0 Å². The van der Waals surface area contributed by atoms with Crippen molar-refractivity contribution in [2.45, 2.75) is 0 Å². The first kappa shape index (κ1) is 5.94. The van der Waals surface area contributed by atoms with Crippen molar-refractivity contribution < 1.29 is 0 Å². The number of nitrogens with zero attached hydrogens (tertiary/aromatic N) is 2. The van der Waals surface area contributed by atoms with Crippen LogP contribution in [-0.2, 0) is 0 Å². The molecule has 0 spiro atoms. The molecule has 2 aromatic heterocycles. The van der Waals surface area contributed by atoms with Crippen LogP contribution >= 0.6 is 22.9 Å². The third-order valence-electron chi connectivity index (χ3n) is 1.09. The zero-order valence-corrected chi connectivity index (χ0v) is 6.33. The smallest absolute Gasteiger partial charge is 0.195 e. The quantitative estimate of drug-likeness (QED) is 0.632. The van der Waals surface area contributed by atoms with Gasteiger partial charge in [-0.3, -0.25) is 5.10 Å². The van der Waals surface area contributed by atoms with Gasteiger partial charge in [0.25, 0.3) is 0 Å². The van der Waals surface area contributed by atoms with Crippen LogP contribution in [0.4, 0.5) is 5.13 Å². The highest BCUT2D eigenvalue weighted by Crippen LogP contribution is 2.27. The molecule has 0 aromatic carbocycles. The second kappa shape index (κ2) is 1.83. The number of hydrogen-bond acceptors (Lipinski definition) is 4. The molecule has 0 amide bonds. The van der Waals surface area contributed by atoms with Gasteiger partial charge in [0.1, 0.15) is 9.85 Å². The number of hydrogen-bond donors (Lipinski definition) is 2. The number of anilines is 1. The van der Waals surface area contributed by atoms with Crippen LogP contribution in [0.3, 0.4) is 0 Å². The van der Waals surface area contributed by atoms with Gasteiger partial charge in [0.05, 0.1) is 0 Å². The van der Waals surface area contributed by atoms with Crippen molar-refractivity contribution in [1.29, 1.82) is 0 Å². The number of halogens is 1. The van der Waals surface area contributed by atoms with Crippen LogP contribution in [0.25, 0.3) is 10.3 Å². The number of thiazole rings is 1. The van der Waals surface area contributed by atoms with Gasteiger partial charge in [-0.15, -0.1) is 0 Å².